The standard InChI is InChI=1S/C14H29N3O/c1-2-3-4-5-8-11-17(12-14(15)16-18)13-9-6-7-10-13/h13,18H,2-12H2,1H3,(H2,15,16). The molecule has 106 valence electrons. The minimum Gasteiger partial charge on any atom is -0.409 e. The number of amidine groups is 1. The van der Waals surface area contributed by atoms with Crippen molar-refractivity contribution in [3.63, 3.8) is 0 Å². The lowest BCUT2D eigenvalue weighted by atomic mass is 10.1. The van der Waals surface area contributed by atoms with E-state index in [4.69, 9.17) is 10.9 Å². The molecule has 0 aromatic heterocycles. The molecule has 0 amide bonds. The molecule has 1 aliphatic rings. The second-order valence-corrected chi connectivity index (χ2v) is 5.41. The number of nitrogens with two attached hydrogens (primary N) is 1. The van der Waals surface area contributed by atoms with Gasteiger partial charge < -0.3 is 10.9 Å². The third-order valence-corrected chi connectivity index (χ3v) is 3.88. The zero-order chi connectivity index (χ0) is 13.2. The Morgan fingerprint density at radius 1 is 1.22 bits per heavy atom. The van der Waals surface area contributed by atoms with Gasteiger partial charge in [0.2, 0.25) is 0 Å². The Morgan fingerprint density at radius 3 is 2.50 bits per heavy atom. The molecule has 0 atom stereocenters. The van der Waals surface area contributed by atoms with Crippen LogP contribution in [0.4, 0.5) is 0 Å². The van der Waals surface area contributed by atoms with E-state index in [-0.39, 0.29) is 0 Å². The maximum Gasteiger partial charge on any atom is 0.153 e. The van der Waals surface area contributed by atoms with Crippen molar-refractivity contribution in [2.75, 3.05) is 13.1 Å². The van der Waals surface area contributed by atoms with Gasteiger partial charge in [-0.3, -0.25) is 4.90 Å². The van der Waals surface area contributed by atoms with E-state index in [1.54, 1.807) is 0 Å². The molecule has 4 nitrogen and oxygen atoms in total. The van der Waals surface area contributed by atoms with Crippen LogP contribution in [0.5, 0.6) is 0 Å². The number of rotatable bonds is 9. The van der Waals surface area contributed by atoms with E-state index in [9.17, 15) is 0 Å². The predicted octanol–water partition coefficient (Wildman–Crippen LogP) is 2.95. The van der Waals surface area contributed by atoms with Crippen molar-refractivity contribution in [2.45, 2.75) is 70.8 Å². The van der Waals surface area contributed by atoms with E-state index in [2.05, 4.69) is 17.0 Å². The van der Waals surface area contributed by atoms with Gasteiger partial charge in [0.25, 0.3) is 0 Å². The molecule has 0 spiro atoms. The summed E-state index contributed by atoms with van der Waals surface area (Å²) in [4.78, 5) is 2.41. The summed E-state index contributed by atoms with van der Waals surface area (Å²) in [5.41, 5.74) is 5.65. The fourth-order valence-electron chi connectivity index (χ4n) is 2.82. The first-order chi connectivity index (χ1) is 8.77. The molecule has 0 heterocycles. The number of nitrogens with zero attached hydrogens (tertiary/aromatic N) is 2. The van der Waals surface area contributed by atoms with Gasteiger partial charge in [-0.15, -0.1) is 0 Å². The van der Waals surface area contributed by atoms with Crippen molar-refractivity contribution in [2.24, 2.45) is 10.9 Å². The molecule has 0 aliphatic heterocycles. The van der Waals surface area contributed by atoms with Crippen LogP contribution in [-0.2, 0) is 0 Å². The van der Waals surface area contributed by atoms with Gasteiger partial charge in [0.1, 0.15) is 0 Å². The molecule has 0 bridgehead atoms. The maximum absolute atomic E-state index is 8.70. The predicted molar refractivity (Wildman–Crippen MR) is 76.0 cm³/mol. The molecule has 1 rings (SSSR count). The molecule has 0 saturated heterocycles. The summed E-state index contributed by atoms with van der Waals surface area (Å²) in [6.07, 6.45) is 11.7. The molecule has 3 N–H and O–H groups in total. The number of hydrogen-bond acceptors (Lipinski definition) is 3. The molecular weight excluding hydrogens is 226 g/mol. The van der Waals surface area contributed by atoms with Gasteiger partial charge >= 0.3 is 0 Å². The molecule has 0 radical (unpaired) electrons. The van der Waals surface area contributed by atoms with E-state index in [1.165, 1.54) is 57.8 Å². The summed E-state index contributed by atoms with van der Waals surface area (Å²) in [5.74, 6) is 0.343. The van der Waals surface area contributed by atoms with Crippen molar-refractivity contribution in [1.82, 2.24) is 4.90 Å². The molecule has 0 aromatic carbocycles. The first-order valence-electron chi connectivity index (χ1n) is 7.48. The van der Waals surface area contributed by atoms with Crippen molar-refractivity contribution < 1.29 is 5.21 Å². The topological polar surface area (TPSA) is 61.8 Å². The lowest BCUT2D eigenvalue weighted by Crippen LogP contribution is -2.40. The summed E-state index contributed by atoms with van der Waals surface area (Å²) < 4.78 is 0. The minimum atomic E-state index is 0.343. The van der Waals surface area contributed by atoms with Crippen molar-refractivity contribution in [3.8, 4) is 0 Å². The summed E-state index contributed by atoms with van der Waals surface area (Å²) in [7, 11) is 0. The fraction of sp³-hybridized carbons (Fsp3) is 0.929. The van der Waals surface area contributed by atoms with E-state index in [1.807, 2.05) is 0 Å². The minimum absolute atomic E-state index is 0.343. The Bertz CT molecular complexity index is 237. The number of hydrogen-bond donors (Lipinski definition) is 2. The Balaban J connectivity index is 2.29. The SMILES string of the molecule is CCCCCCCN(CC(N)=NO)C1CCCC1. The first-order valence-corrected chi connectivity index (χ1v) is 7.48. The van der Waals surface area contributed by atoms with Crippen LogP contribution in [0.25, 0.3) is 0 Å². The highest BCUT2D eigenvalue weighted by Crippen LogP contribution is 2.23. The summed E-state index contributed by atoms with van der Waals surface area (Å²) >= 11 is 0. The molecule has 4 heteroatoms. The fourth-order valence-corrected chi connectivity index (χ4v) is 2.82. The third kappa shape index (κ3) is 5.71. The lowest BCUT2D eigenvalue weighted by molar-refractivity contribution is 0.217. The highest BCUT2D eigenvalue weighted by molar-refractivity contribution is 5.81. The van der Waals surface area contributed by atoms with Gasteiger partial charge in [0.15, 0.2) is 5.84 Å². The van der Waals surface area contributed by atoms with Crippen molar-refractivity contribution >= 4 is 5.84 Å². The summed E-state index contributed by atoms with van der Waals surface area (Å²) in [5, 5.41) is 11.8. The second-order valence-electron chi connectivity index (χ2n) is 5.41. The zero-order valence-electron chi connectivity index (χ0n) is 11.8. The number of oxime groups is 1. The van der Waals surface area contributed by atoms with Crippen molar-refractivity contribution in [3.05, 3.63) is 0 Å². The third-order valence-electron chi connectivity index (χ3n) is 3.88. The van der Waals surface area contributed by atoms with E-state index in [0.29, 0.717) is 18.4 Å². The Labute approximate surface area is 111 Å². The normalized spacial score (nSPS) is 17.8. The number of unbranched alkanes of at least 4 members (excludes halogenated alkanes) is 4. The van der Waals surface area contributed by atoms with E-state index in [0.717, 1.165) is 6.54 Å². The molecule has 0 unspecified atom stereocenters. The average molecular weight is 255 g/mol. The molecule has 1 saturated carbocycles. The summed E-state index contributed by atoms with van der Waals surface area (Å²) in [6.45, 7) is 3.95. The molecular formula is C14H29N3O. The molecule has 1 fully saturated rings. The first kappa shape index (κ1) is 15.3. The van der Waals surface area contributed by atoms with Crippen LogP contribution in [-0.4, -0.2) is 35.1 Å². The molecule has 18 heavy (non-hydrogen) atoms. The largest absolute Gasteiger partial charge is 0.409 e. The molecule has 0 aromatic rings. The van der Waals surface area contributed by atoms with Crippen LogP contribution in [0, 0.1) is 0 Å². The van der Waals surface area contributed by atoms with E-state index < -0.39 is 0 Å². The summed E-state index contributed by atoms with van der Waals surface area (Å²) in [6, 6.07) is 0.650. The highest BCUT2D eigenvalue weighted by atomic mass is 16.4. The zero-order valence-corrected chi connectivity index (χ0v) is 11.8. The van der Waals surface area contributed by atoms with Gasteiger partial charge in [-0.1, -0.05) is 50.6 Å². The monoisotopic (exact) mass is 255 g/mol. The Hall–Kier alpha value is -0.770. The molecule has 1 aliphatic carbocycles. The van der Waals surface area contributed by atoms with Gasteiger partial charge in [-0.05, 0) is 25.8 Å². The Morgan fingerprint density at radius 2 is 1.89 bits per heavy atom. The van der Waals surface area contributed by atoms with Crippen LogP contribution < -0.4 is 5.73 Å². The van der Waals surface area contributed by atoms with Gasteiger partial charge in [-0.2, -0.15) is 0 Å². The van der Waals surface area contributed by atoms with Crippen LogP contribution in [0.2, 0.25) is 0 Å². The van der Waals surface area contributed by atoms with Crippen molar-refractivity contribution in [1.29, 1.82) is 0 Å². The Kier molecular flexibility index (Phi) is 7.81. The quantitative estimate of drug-likeness (QED) is 0.219. The van der Waals surface area contributed by atoms with Gasteiger partial charge in [0.05, 0.1) is 6.54 Å². The van der Waals surface area contributed by atoms with Crippen LogP contribution in [0.3, 0.4) is 0 Å². The maximum atomic E-state index is 8.70. The van der Waals surface area contributed by atoms with Crippen LogP contribution in [0.1, 0.15) is 64.7 Å². The highest BCUT2D eigenvalue weighted by Gasteiger charge is 2.22. The van der Waals surface area contributed by atoms with Crippen LogP contribution in [0.15, 0.2) is 5.16 Å². The van der Waals surface area contributed by atoms with Gasteiger partial charge in [0, 0.05) is 6.04 Å². The average Bonchev–Trinajstić information content (AvgIpc) is 2.90. The van der Waals surface area contributed by atoms with Crippen LogP contribution >= 0.6 is 0 Å². The second kappa shape index (κ2) is 9.20. The van der Waals surface area contributed by atoms with E-state index >= 15 is 0 Å². The lowest BCUT2D eigenvalue weighted by Gasteiger charge is -2.28. The smallest absolute Gasteiger partial charge is 0.153 e. The van der Waals surface area contributed by atoms with Gasteiger partial charge in [-0.25, -0.2) is 0 Å².